The molecule has 0 unspecified atom stereocenters. The molecule has 11 nitrogen and oxygen atoms in total. The summed E-state index contributed by atoms with van der Waals surface area (Å²) in [5.41, 5.74) is 2.33. The van der Waals surface area contributed by atoms with E-state index >= 15 is 0 Å². The Labute approximate surface area is 280 Å². The van der Waals surface area contributed by atoms with E-state index < -0.39 is 27.0 Å². The Morgan fingerprint density at radius 3 is 2.60 bits per heavy atom. The lowest BCUT2D eigenvalue weighted by atomic mass is 9.84. The molecule has 0 amide bonds. The standard InChI is InChI=1S/C33H28Cl2N2O9S/c1-43-33(38)31(36-47(41,42)26-12-10-23(11-13-26)37(39)40)17-25-19-44-20-32(46-25)28-8-3-2-7-27(28)22-5-4-6-24(16-22)45-18-21-9-14-29(34)30(35)15-21/h2-6,8-16,19-20,27,31,36H,7,17-18H2,1H3/t27-,31+/m1/s1. The highest BCUT2D eigenvalue weighted by atomic mass is 35.5. The summed E-state index contributed by atoms with van der Waals surface area (Å²) in [7, 11) is -3.15. The average molecular weight is 700 g/mol. The molecule has 1 heterocycles. The van der Waals surface area contributed by atoms with E-state index in [1.165, 1.54) is 12.5 Å². The number of rotatable bonds is 12. The van der Waals surface area contributed by atoms with Gasteiger partial charge in [-0.15, -0.1) is 0 Å². The number of hydrogen-bond acceptors (Lipinski definition) is 9. The number of ether oxygens (including phenoxy) is 4. The molecule has 3 aromatic carbocycles. The van der Waals surface area contributed by atoms with E-state index in [0.29, 0.717) is 34.6 Å². The van der Waals surface area contributed by atoms with Gasteiger partial charge in [-0.05, 0) is 53.9 Å². The molecule has 47 heavy (non-hydrogen) atoms. The van der Waals surface area contributed by atoms with Crippen molar-refractivity contribution in [2.75, 3.05) is 7.11 Å². The topological polar surface area (TPSA) is 143 Å². The van der Waals surface area contributed by atoms with Gasteiger partial charge in [-0.3, -0.25) is 14.9 Å². The molecule has 244 valence electrons. The van der Waals surface area contributed by atoms with Crippen molar-refractivity contribution in [3.05, 3.63) is 146 Å². The van der Waals surface area contributed by atoms with Crippen LogP contribution in [0.15, 0.2) is 119 Å². The van der Waals surface area contributed by atoms with Crippen molar-refractivity contribution in [1.29, 1.82) is 0 Å². The van der Waals surface area contributed by atoms with E-state index in [4.69, 9.17) is 42.1 Å². The molecule has 3 aromatic rings. The molecule has 0 spiro atoms. The first kappa shape index (κ1) is 33.7. The summed E-state index contributed by atoms with van der Waals surface area (Å²) in [4.78, 5) is 22.7. The number of carbonyl (C=O) groups is 1. The molecule has 14 heteroatoms. The number of nitro groups is 1. The molecule has 5 rings (SSSR count). The molecule has 0 fully saturated rings. The van der Waals surface area contributed by atoms with E-state index in [0.717, 1.165) is 48.1 Å². The highest BCUT2D eigenvalue weighted by Crippen LogP contribution is 2.39. The van der Waals surface area contributed by atoms with E-state index in [2.05, 4.69) is 4.72 Å². The Morgan fingerprint density at radius 2 is 1.87 bits per heavy atom. The van der Waals surface area contributed by atoms with Crippen LogP contribution in [0.3, 0.4) is 0 Å². The summed E-state index contributed by atoms with van der Waals surface area (Å²) in [6.07, 6.45) is 8.92. The molecule has 0 aromatic heterocycles. The number of nitrogens with one attached hydrogen (secondary N) is 1. The summed E-state index contributed by atoms with van der Waals surface area (Å²) >= 11 is 12.2. The largest absolute Gasteiger partial charge is 0.489 e. The maximum absolute atomic E-state index is 13.1. The Morgan fingerprint density at radius 1 is 1.09 bits per heavy atom. The number of sulfonamides is 1. The number of benzene rings is 3. The number of non-ortho nitro benzene ring substituents is 1. The molecule has 0 saturated carbocycles. The zero-order valence-electron chi connectivity index (χ0n) is 24.8. The van der Waals surface area contributed by atoms with Gasteiger partial charge in [0, 0.05) is 30.0 Å². The van der Waals surface area contributed by atoms with Gasteiger partial charge < -0.3 is 18.9 Å². The molecule has 1 aliphatic heterocycles. The number of esters is 1. The number of nitro benzene ring substituents is 1. The summed E-state index contributed by atoms with van der Waals surface area (Å²) in [5, 5.41) is 11.9. The second-order valence-electron chi connectivity index (χ2n) is 10.4. The van der Waals surface area contributed by atoms with Crippen LogP contribution in [0.4, 0.5) is 5.69 Å². The first-order chi connectivity index (χ1) is 22.5. The molecule has 1 aliphatic carbocycles. The maximum atomic E-state index is 13.1. The van der Waals surface area contributed by atoms with Gasteiger partial charge in [-0.2, -0.15) is 4.72 Å². The van der Waals surface area contributed by atoms with Gasteiger partial charge in [0.2, 0.25) is 10.0 Å². The number of halogens is 2. The minimum atomic E-state index is -4.27. The van der Waals surface area contributed by atoms with E-state index in [-0.39, 0.29) is 28.7 Å². The lowest BCUT2D eigenvalue weighted by molar-refractivity contribution is -0.384. The van der Waals surface area contributed by atoms with E-state index in [1.807, 2.05) is 48.6 Å². The number of allylic oxidation sites excluding steroid dienone is 4. The van der Waals surface area contributed by atoms with Gasteiger partial charge in [0.15, 0.2) is 5.76 Å². The molecule has 0 bridgehead atoms. The maximum Gasteiger partial charge on any atom is 0.324 e. The predicted molar refractivity (Wildman–Crippen MR) is 174 cm³/mol. The lowest BCUT2D eigenvalue weighted by Crippen LogP contribution is -2.42. The average Bonchev–Trinajstić information content (AvgIpc) is 3.08. The molecule has 0 radical (unpaired) electrons. The van der Waals surface area contributed by atoms with Gasteiger partial charge in [-0.25, -0.2) is 8.42 Å². The quantitative estimate of drug-likeness (QED) is 0.119. The molecule has 2 atom stereocenters. The van der Waals surface area contributed by atoms with Crippen LogP contribution < -0.4 is 9.46 Å². The zero-order valence-corrected chi connectivity index (χ0v) is 27.1. The number of carbonyl (C=O) groups excluding carboxylic acids is 1. The van der Waals surface area contributed by atoms with Crippen molar-refractivity contribution >= 4 is 44.9 Å². The van der Waals surface area contributed by atoms with Crippen LogP contribution in [0.1, 0.15) is 29.9 Å². The first-order valence-electron chi connectivity index (χ1n) is 14.1. The van der Waals surface area contributed by atoms with Crippen LogP contribution in [-0.2, 0) is 35.6 Å². The fourth-order valence-corrected chi connectivity index (χ4v) is 6.42. The number of hydrogen-bond donors (Lipinski definition) is 1. The van der Waals surface area contributed by atoms with Gasteiger partial charge in [0.1, 0.15) is 36.7 Å². The van der Waals surface area contributed by atoms with Crippen LogP contribution in [0.5, 0.6) is 5.75 Å². The SMILES string of the molecule is COC(=O)[C@H](CC1=COC=C(C2=CC=CC[C@@H]2c2cccc(OCc3ccc(Cl)c(Cl)c3)c2)O1)NS(=O)(=O)c1ccc([N+](=O)[O-])cc1. The Hall–Kier alpha value is -4.62. The second-order valence-corrected chi connectivity index (χ2v) is 12.9. The fourth-order valence-electron chi connectivity index (χ4n) is 4.91. The van der Waals surface area contributed by atoms with Crippen LogP contribution in [0.25, 0.3) is 0 Å². The van der Waals surface area contributed by atoms with Crippen molar-refractivity contribution < 1.29 is 37.1 Å². The van der Waals surface area contributed by atoms with Crippen LogP contribution in [0.2, 0.25) is 10.0 Å². The summed E-state index contributed by atoms with van der Waals surface area (Å²) in [5.74, 6) is 0.184. The summed E-state index contributed by atoms with van der Waals surface area (Å²) < 4.78 is 51.0. The van der Waals surface area contributed by atoms with Crippen LogP contribution in [-0.4, -0.2) is 32.5 Å². The minimum Gasteiger partial charge on any atom is -0.489 e. The monoisotopic (exact) mass is 698 g/mol. The number of nitrogens with zero attached hydrogens (tertiary/aromatic N) is 1. The molecular weight excluding hydrogens is 671 g/mol. The minimum absolute atomic E-state index is 0.139. The third-order valence-corrected chi connectivity index (χ3v) is 9.48. The summed E-state index contributed by atoms with van der Waals surface area (Å²) in [6, 6.07) is 15.8. The Kier molecular flexibility index (Phi) is 10.7. The predicted octanol–water partition coefficient (Wildman–Crippen LogP) is 7.09. The lowest BCUT2D eigenvalue weighted by Gasteiger charge is -2.27. The van der Waals surface area contributed by atoms with Gasteiger partial charge >= 0.3 is 5.97 Å². The Bertz CT molecular complexity index is 1900. The second kappa shape index (κ2) is 14.9. The highest BCUT2D eigenvalue weighted by Gasteiger charge is 2.31. The molecule has 2 aliphatic rings. The van der Waals surface area contributed by atoms with Crippen molar-refractivity contribution in [2.45, 2.75) is 36.3 Å². The van der Waals surface area contributed by atoms with E-state index in [9.17, 15) is 23.3 Å². The third-order valence-electron chi connectivity index (χ3n) is 7.26. The normalized spacial score (nSPS) is 16.5. The van der Waals surface area contributed by atoms with Gasteiger partial charge in [0.25, 0.3) is 5.69 Å². The van der Waals surface area contributed by atoms with Gasteiger partial charge in [-0.1, -0.05) is 59.6 Å². The zero-order chi connectivity index (χ0) is 33.6. The van der Waals surface area contributed by atoms with Crippen molar-refractivity contribution in [1.82, 2.24) is 4.72 Å². The van der Waals surface area contributed by atoms with Crippen molar-refractivity contribution in [3.8, 4) is 5.75 Å². The summed E-state index contributed by atoms with van der Waals surface area (Å²) in [6.45, 7) is 0.291. The molecular formula is C33H28Cl2N2O9S. The smallest absolute Gasteiger partial charge is 0.324 e. The molecule has 1 N–H and O–H groups in total. The Balaban J connectivity index is 1.28. The fraction of sp³-hybridized carbons (Fsp3) is 0.182. The first-order valence-corrected chi connectivity index (χ1v) is 16.4. The molecule has 0 saturated heterocycles. The highest BCUT2D eigenvalue weighted by molar-refractivity contribution is 7.89. The van der Waals surface area contributed by atoms with Crippen LogP contribution in [0, 0.1) is 10.1 Å². The van der Waals surface area contributed by atoms with Crippen molar-refractivity contribution in [3.63, 3.8) is 0 Å². The van der Waals surface area contributed by atoms with Crippen LogP contribution >= 0.6 is 23.2 Å². The number of methoxy groups -OCH3 is 1. The van der Waals surface area contributed by atoms with Crippen molar-refractivity contribution in [2.24, 2.45) is 0 Å². The van der Waals surface area contributed by atoms with Gasteiger partial charge in [0.05, 0.1) is 27.0 Å². The van der Waals surface area contributed by atoms with E-state index in [1.54, 1.807) is 12.1 Å². The third kappa shape index (κ3) is 8.40.